The Labute approximate surface area is 182 Å². The quantitative estimate of drug-likeness (QED) is 0.503. The van der Waals surface area contributed by atoms with Crippen molar-refractivity contribution >= 4 is 23.1 Å². The van der Waals surface area contributed by atoms with Crippen molar-refractivity contribution in [3.63, 3.8) is 0 Å². The third-order valence-corrected chi connectivity index (χ3v) is 7.92. The Morgan fingerprint density at radius 1 is 1.17 bits per heavy atom. The van der Waals surface area contributed by atoms with Crippen molar-refractivity contribution in [3.05, 3.63) is 69.4 Å². The van der Waals surface area contributed by atoms with Crippen LogP contribution in [0.3, 0.4) is 0 Å². The van der Waals surface area contributed by atoms with Crippen molar-refractivity contribution in [2.24, 2.45) is 0 Å². The van der Waals surface area contributed by atoms with E-state index in [-0.39, 0.29) is 12.1 Å². The second kappa shape index (κ2) is 7.62. The largest absolute Gasteiger partial charge is 0.322 e. The zero-order valence-corrected chi connectivity index (χ0v) is 18.8. The monoisotopic (exact) mass is 419 g/mol. The molecule has 1 aliphatic carbocycles. The van der Waals surface area contributed by atoms with Crippen molar-refractivity contribution in [3.8, 4) is 5.00 Å². The Morgan fingerprint density at radius 3 is 2.83 bits per heavy atom. The van der Waals surface area contributed by atoms with Crippen LogP contribution in [0.25, 0.3) is 5.00 Å². The molecule has 2 amide bonds. The van der Waals surface area contributed by atoms with E-state index in [1.807, 2.05) is 18.3 Å². The number of carbonyl (C=O) groups is 1. The number of anilines is 1. The van der Waals surface area contributed by atoms with Gasteiger partial charge in [-0.15, -0.1) is 11.3 Å². The molecule has 30 heavy (non-hydrogen) atoms. The number of carbonyl (C=O) groups excluding carboxylic acids is 1. The third kappa shape index (κ3) is 3.16. The summed E-state index contributed by atoms with van der Waals surface area (Å²) in [6.45, 7) is 6.97. The number of thiophene rings is 1. The maximum atomic E-state index is 13.6. The summed E-state index contributed by atoms with van der Waals surface area (Å²) in [5.74, 6) is 0. The van der Waals surface area contributed by atoms with Gasteiger partial charge in [-0.2, -0.15) is 0 Å². The number of hydrogen-bond acceptors (Lipinski definition) is 2. The summed E-state index contributed by atoms with van der Waals surface area (Å²) < 4.78 is 2.34. The molecule has 0 saturated carbocycles. The third-order valence-electron chi connectivity index (χ3n) is 6.59. The molecule has 2 aliphatic rings. The van der Waals surface area contributed by atoms with Crippen molar-refractivity contribution in [2.75, 3.05) is 5.32 Å². The van der Waals surface area contributed by atoms with Crippen LogP contribution in [0.15, 0.2) is 36.5 Å². The van der Waals surface area contributed by atoms with Gasteiger partial charge < -0.3 is 14.8 Å². The van der Waals surface area contributed by atoms with Crippen LogP contribution in [-0.2, 0) is 19.4 Å². The highest BCUT2D eigenvalue weighted by atomic mass is 32.1. The molecule has 156 valence electrons. The van der Waals surface area contributed by atoms with Crippen LogP contribution in [0.1, 0.15) is 65.1 Å². The Hall–Kier alpha value is -2.53. The van der Waals surface area contributed by atoms with Gasteiger partial charge in [-0.3, -0.25) is 0 Å². The number of aryl methyl sites for hydroxylation is 3. The summed E-state index contributed by atoms with van der Waals surface area (Å²) in [5, 5.41) is 4.54. The van der Waals surface area contributed by atoms with Gasteiger partial charge in [-0.25, -0.2) is 4.79 Å². The first-order valence-electron chi connectivity index (χ1n) is 11.0. The van der Waals surface area contributed by atoms with Crippen LogP contribution in [0.5, 0.6) is 0 Å². The van der Waals surface area contributed by atoms with E-state index in [2.05, 4.69) is 65.2 Å². The Kier molecular flexibility index (Phi) is 4.94. The van der Waals surface area contributed by atoms with E-state index >= 15 is 0 Å². The summed E-state index contributed by atoms with van der Waals surface area (Å²) in [6, 6.07) is 10.6. The lowest BCUT2D eigenvalue weighted by atomic mass is 9.95. The lowest BCUT2D eigenvalue weighted by molar-refractivity contribution is 0.181. The lowest BCUT2D eigenvalue weighted by Crippen LogP contribution is -2.37. The predicted octanol–water partition coefficient (Wildman–Crippen LogP) is 6.53. The summed E-state index contributed by atoms with van der Waals surface area (Å²) in [6.07, 6.45) is 7.91. The number of nitrogens with zero attached hydrogens (tertiary/aromatic N) is 2. The van der Waals surface area contributed by atoms with Crippen LogP contribution in [0.2, 0.25) is 0 Å². The summed E-state index contributed by atoms with van der Waals surface area (Å²) in [7, 11) is 0. The first kappa shape index (κ1) is 19.4. The van der Waals surface area contributed by atoms with E-state index in [9.17, 15) is 4.79 Å². The number of aromatic nitrogens is 1. The van der Waals surface area contributed by atoms with Gasteiger partial charge >= 0.3 is 6.03 Å². The van der Waals surface area contributed by atoms with Crippen molar-refractivity contribution in [2.45, 2.75) is 65.5 Å². The van der Waals surface area contributed by atoms with Crippen LogP contribution in [0, 0.1) is 13.8 Å². The van der Waals surface area contributed by atoms with Gasteiger partial charge in [0, 0.05) is 28.0 Å². The van der Waals surface area contributed by atoms with Crippen LogP contribution < -0.4 is 5.32 Å². The number of nitrogens with one attached hydrogen (secondary N) is 1. The minimum Gasteiger partial charge on any atom is -0.312 e. The molecule has 0 spiro atoms. The average Bonchev–Trinajstić information content (AvgIpc) is 3.33. The number of amides is 2. The maximum Gasteiger partial charge on any atom is 0.322 e. The molecule has 0 radical (unpaired) electrons. The molecule has 3 aromatic rings. The first-order chi connectivity index (χ1) is 14.6. The fraction of sp³-hybridized carbons (Fsp3) is 0.400. The number of hydrogen-bond donors (Lipinski definition) is 1. The zero-order valence-electron chi connectivity index (χ0n) is 18.0. The fourth-order valence-electron chi connectivity index (χ4n) is 4.97. The SMILES string of the molecule is CC[C@@H]1c2cccn2-c2sc3c(c2CN1C(=O)Nc1cc(C)ccc1C)CCCC3. The molecule has 1 aliphatic heterocycles. The van der Waals surface area contributed by atoms with Gasteiger partial charge in [-0.05, 0) is 80.8 Å². The standard InChI is InChI=1S/C25H29N3OS/c1-4-21-22-9-7-13-27(22)24-19(18-8-5-6-10-23(18)30-24)15-28(21)25(29)26-20-14-16(2)11-12-17(20)3/h7,9,11-14,21H,4-6,8,10,15H2,1-3H3,(H,26,29)/t21-/m1/s1. The van der Waals surface area contributed by atoms with Gasteiger partial charge in [-0.1, -0.05) is 19.1 Å². The molecular formula is C25H29N3OS. The normalized spacial score (nSPS) is 17.7. The predicted molar refractivity (Wildman–Crippen MR) is 124 cm³/mol. The number of rotatable bonds is 2. The minimum absolute atomic E-state index is 0.00749. The highest BCUT2D eigenvalue weighted by Gasteiger charge is 2.34. The molecule has 5 rings (SSSR count). The van der Waals surface area contributed by atoms with Gasteiger partial charge in [0.05, 0.1) is 12.6 Å². The lowest BCUT2D eigenvalue weighted by Gasteiger charge is -2.30. The van der Waals surface area contributed by atoms with Crippen molar-refractivity contribution in [1.82, 2.24) is 9.47 Å². The van der Waals surface area contributed by atoms with Crippen LogP contribution in [0.4, 0.5) is 10.5 Å². The van der Waals surface area contributed by atoms with Gasteiger partial charge in [0.15, 0.2) is 0 Å². The molecule has 1 N–H and O–H groups in total. The Balaban J connectivity index is 1.57. The Bertz CT molecular complexity index is 1110. The number of benzene rings is 1. The molecular weight excluding hydrogens is 390 g/mol. The average molecular weight is 420 g/mol. The molecule has 1 aromatic carbocycles. The van der Waals surface area contributed by atoms with Crippen molar-refractivity contribution in [1.29, 1.82) is 0 Å². The van der Waals surface area contributed by atoms with E-state index in [4.69, 9.17) is 0 Å². The maximum absolute atomic E-state index is 13.6. The summed E-state index contributed by atoms with van der Waals surface area (Å²) in [5.41, 5.74) is 7.23. The highest BCUT2D eigenvalue weighted by Crippen LogP contribution is 2.43. The number of fused-ring (bicyclic) bond motifs is 5. The summed E-state index contributed by atoms with van der Waals surface area (Å²) >= 11 is 1.94. The van der Waals surface area contributed by atoms with Crippen molar-refractivity contribution < 1.29 is 4.79 Å². The fourth-order valence-corrected chi connectivity index (χ4v) is 6.37. The zero-order chi connectivity index (χ0) is 20.8. The summed E-state index contributed by atoms with van der Waals surface area (Å²) in [4.78, 5) is 17.2. The van der Waals surface area contributed by atoms with E-state index in [0.717, 1.165) is 29.7 Å². The molecule has 3 heterocycles. The molecule has 0 fully saturated rings. The van der Waals surface area contributed by atoms with Gasteiger partial charge in [0.1, 0.15) is 5.00 Å². The molecule has 4 nitrogen and oxygen atoms in total. The molecule has 0 bridgehead atoms. The van der Waals surface area contributed by atoms with E-state index < -0.39 is 0 Å². The molecule has 1 atom stereocenters. The van der Waals surface area contributed by atoms with Gasteiger partial charge in [0.25, 0.3) is 0 Å². The minimum atomic E-state index is -0.00749. The van der Waals surface area contributed by atoms with Gasteiger partial charge in [0.2, 0.25) is 0 Å². The molecule has 2 aromatic heterocycles. The smallest absolute Gasteiger partial charge is 0.312 e. The molecule has 0 unspecified atom stereocenters. The highest BCUT2D eigenvalue weighted by molar-refractivity contribution is 7.15. The first-order valence-corrected chi connectivity index (χ1v) is 11.8. The Morgan fingerprint density at radius 2 is 2.00 bits per heavy atom. The molecule has 0 saturated heterocycles. The second-order valence-electron chi connectivity index (χ2n) is 8.60. The molecule has 5 heteroatoms. The second-order valence-corrected chi connectivity index (χ2v) is 9.68. The number of urea groups is 1. The van der Waals surface area contributed by atoms with Crippen LogP contribution in [-0.4, -0.2) is 15.5 Å². The van der Waals surface area contributed by atoms with E-state index in [1.54, 1.807) is 0 Å². The topological polar surface area (TPSA) is 37.3 Å². The van der Waals surface area contributed by atoms with E-state index in [1.165, 1.54) is 46.0 Å². The van der Waals surface area contributed by atoms with E-state index in [0.29, 0.717) is 6.54 Å². The van der Waals surface area contributed by atoms with Crippen LogP contribution >= 0.6 is 11.3 Å².